The van der Waals surface area contributed by atoms with Crippen LogP contribution in [0.5, 0.6) is 0 Å². The standard InChI is InChI=1S/C11H11N3O2/c1-14-9(7-11(15)16)6-10(13-14)8-2-4-12-5-3-8/h2-6H,7H2,1H3,(H,15,16). The molecule has 1 N–H and O–H groups in total. The highest BCUT2D eigenvalue weighted by Crippen LogP contribution is 2.17. The highest BCUT2D eigenvalue weighted by atomic mass is 16.4. The zero-order valence-corrected chi connectivity index (χ0v) is 8.79. The van der Waals surface area contributed by atoms with Crippen LogP contribution < -0.4 is 0 Å². The van der Waals surface area contributed by atoms with Crippen molar-refractivity contribution in [3.63, 3.8) is 0 Å². The third kappa shape index (κ3) is 2.08. The highest BCUT2D eigenvalue weighted by Gasteiger charge is 2.09. The molecule has 5 heteroatoms. The Hall–Kier alpha value is -2.17. The van der Waals surface area contributed by atoms with Gasteiger partial charge in [-0.1, -0.05) is 0 Å². The summed E-state index contributed by atoms with van der Waals surface area (Å²) in [5.41, 5.74) is 2.38. The number of rotatable bonds is 3. The lowest BCUT2D eigenvalue weighted by Crippen LogP contribution is -2.05. The summed E-state index contributed by atoms with van der Waals surface area (Å²) in [5.74, 6) is -0.857. The van der Waals surface area contributed by atoms with Crippen LogP contribution in [0.4, 0.5) is 0 Å². The first-order chi connectivity index (χ1) is 7.66. The van der Waals surface area contributed by atoms with Crippen LogP contribution >= 0.6 is 0 Å². The molecule has 2 aromatic heterocycles. The molecule has 0 saturated heterocycles. The second kappa shape index (κ2) is 4.14. The molecule has 16 heavy (non-hydrogen) atoms. The average molecular weight is 217 g/mol. The van der Waals surface area contributed by atoms with Gasteiger partial charge in [-0.3, -0.25) is 14.5 Å². The van der Waals surface area contributed by atoms with Gasteiger partial charge in [-0.2, -0.15) is 5.10 Å². The van der Waals surface area contributed by atoms with Crippen molar-refractivity contribution in [3.8, 4) is 11.3 Å². The van der Waals surface area contributed by atoms with Crippen LogP contribution in [0.1, 0.15) is 5.69 Å². The largest absolute Gasteiger partial charge is 0.481 e. The van der Waals surface area contributed by atoms with Crippen molar-refractivity contribution < 1.29 is 9.90 Å². The summed E-state index contributed by atoms with van der Waals surface area (Å²) in [6.07, 6.45) is 3.34. The van der Waals surface area contributed by atoms with Crippen LogP contribution in [0.3, 0.4) is 0 Å². The number of carbonyl (C=O) groups is 1. The van der Waals surface area contributed by atoms with E-state index in [1.54, 1.807) is 30.2 Å². The van der Waals surface area contributed by atoms with Gasteiger partial charge >= 0.3 is 5.97 Å². The molecule has 2 heterocycles. The van der Waals surface area contributed by atoms with Gasteiger partial charge in [0.15, 0.2) is 0 Å². The predicted molar refractivity (Wildman–Crippen MR) is 57.8 cm³/mol. The average Bonchev–Trinajstić information content (AvgIpc) is 2.61. The number of pyridine rings is 1. The minimum absolute atomic E-state index is 0.0193. The van der Waals surface area contributed by atoms with E-state index in [0.29, 0.717) is 5.69 Å². The molecule has 0 spiro atoms. The summed E-state index contributed by atoms with van der Waals surface area (Å²) in [5, 5.41) is 13.0. The molecule has 0 unspecified atom stereocenters. The molecule has 0 aliphatic rings. The summed E-state index contributed by atoms with van der Waals surface area (Å²) in [6.45, 7) is 0. The predicted octanol–water partition coefficient (Wildman–Crippen LogP) is 1.11. The van der Waals surface area contributed by atoms with Gasteiger partial charge < -0.3 is 5.11 Å². The third-order valence-electron chi connectivity index (χ3n) is 2.29. The minimum atomic E-state index is -0.857. The molecule has 5 nitrogen and oxygen atoms in total. The molecule has 0 bridgehead atoms. The minimum Gasteiger partial charge on any atom is -0.481 e. The van der Waals surface area contributed by atoms with Crippen LogP contribution in [0.25, 0.3) is 11.3 Å². The third-order valence-corrected chi connectivity index (χ3v) is 2.29. The maximum atomic E-state index is 10.6. The van der Waals surface area contributed by atoms with E-state index in [9.17, 15) is 4.79 Å². The zero-order valence-electron chi connectivity index (χ0n) is 8.79. The van der Waals surface area contributed by atoms with E-state index in [1.807, 2.05) is 12.1 Å². The van der Waals surface area contributed by atoms with Crippen LogP contribution in [0.2, 0.25) is 0 Å². The number of carboxylic acid groups (broad SMARTS) is 1. The molecular weight excluding hydrogens is 206 g/mol. The molecule has 0 atom stereocenters. The van der Waals surface area contributed by atoms with Gasteiger partial charge in [-0.15, -0.1) is 0 Å². The first-order valence-electron chi connectivity index (χ1n) is 4.82. The number of aliphatic carboxylic acids is 1. The van der Waals surface area contributed by atoms with E-state index in [-0.39, 0.29) is 6.42 Å². The highest BCUT2D eigenvalue weighted by molar-refractivity contribution is 5.70. The fraction of sp³-hybridized carbons (Fsp3) is 0.182. The first-order valence-corrected chi connectivity index (χ1v) is 4.82. The lowest BCUT2D eigenvalue weighted by molar-refractivity contribution is -0.136. The number of aromatic nitrogens is 3. The fourth-order valence-corrected chi connectivity index (χ4v) is 1.49. The van der Waals surface area contributed by atoms with Crippen molar-refractivity contribution in [3.05, 3.63) is 36.3 Å². The van der Waals surface area contributed by atoms with Gasteiger partial charge in [0.05, 0.1) is 12.1 Å². The Morgan fingerprint density at radius 2 is 2.12 bits per heavy atom. The van der Waals surface area contributed by atoms with E-state index >= 15 is 0 Å². The molecule has 0 radical (unpaired) electrons. The first kappa shape index (κ1) is 10.4. The number of hydrogen-bond donors (Lipinski definition) is 1. The van der Waals surface area contributed by atoms with Crippen LogP contribution in [-0.2, 0) is 18.3 Å². The summed E-state index contributed by atoms with van der Waals surface area (Å²) in [6, 6.07) is 5.46. The molecule has 0 aliphatic heterocycles. The zero-order chi connectivity index (χ0) is 11.5. The van der Waals surface area contributed by atoms with Crippen molar-refractivity contribution in [2.45, 2.75) is 6.42 Å². The Morgan fingerprint density at radius 1 is 1.44 bits per heavy atom. The SMILES string of the molecule is Cn1nc(-c2ccncc2)cc1CC(=O)O. The molecule has 0 aliphatic carbocycles. The molecular formula is C11H11N3O2. The lowest BCUT2D eigenvalue weighted by Gasteiger charge is -1.95. The number of nitrogens with zero attached hydrogens (tertiary/aromatic N) is 3. The van der Waals surface area contributed by atoms with Crippen LogP contribution in [0, 0.1) is 0 Å². The van der Waals surface area contributed by atoms with E-state index < -0.39 is 5.97 Å². The summed E-state index contributed by atoms with van der Waals surface area (Å²) < 4.78 is 1.59. The Labute approximate surface area is 92.4 Å². The van der Waals surface area contributed by atoms with E-state index in [0.717, 1.165) is 11.3 Å². The van der Waals surface area contributed by atoms with Gasteiger partial charge in [0.1, 0.15) is 0 Å². The monoisotopic (exact) mass is 217 g/mol. The maximum Gasteiger partial charge on any atom is 0.309 e. The van der Waals surface area contributed by atoms with E-state index in [4.69, 9.17) is 5.11 Å². The second-order valence-corrected chi connectivity index (χ2v) is 3.45. The van der Waals surface area contributed by atoms with Gasteiger partial charge in [0, 0.05) is 30.7 Å². The van der Waals surface area contributed by atoms with Crippen molar-refractivity contribution in [2.75, 3.05) is 0 Å². The quantitative estimate of drug-likeness (QED) is 0.836. The normalized spacial score (nSPS) is 10.3. The van der Waals surface area contributed by atoms with E-state index in [2.05, 4.69) is 10.1 Å². The van der Waals surface area contributed by atoms with Gasteiger partial charge in [-0.05, 0) is 18.2 Å². The van der Waals surface area contributed by atoms with Crippen molar-refractivity contribution in [2.24, 2.45) is 7.05 Å². The molecule has 2 rings (SSSR count). The van der Waals surface area contributed by atoms with E-state index in [1.165, 1.54) is 0 Å². The lowest BCUT2D eigenvalue weighted by atomic mass is 10.2. The molecule has 2 aromatic rings. The Kier molecular flexibility index (Phi) is 2.68. The molecule has 0 aromatic carbocycles. The Morgan fingerprint density at radius 3 is 2.75 bits per heavy atom. The molecule has 0 amide bonds. The van der Waals surface area contributed by atoms with Crippen molar-refractivity contribution >= 4 is 5.97 Å². The van der Waals surface area contributed by atoms with Crippen LogP contribution in [-0.4, -0.2) is 25.8 Å². The maximum absolute atomic E-state index is 10.6. The molecule has 0 fully saturated rings. The topological polar surface area (TPSA) is 68.0 Å². The summed E-state index contributed by atoms with van der Waals surface area (Å²) >= 11 is 0. The second-order valence-electron chi connectivity index (χ2n) is 3.45. The van der Waals surface area contributed by atoms with Crippen LogP contribution in [0.15, 0.2) is 30.6 Å². The summed E-state index contributed by atoms with van der Waals surface area (Å²) in [4.78, 5) is 14.5. The van der Waals surface area contributed by atoms with Crippen molar-refractivity contribution in [1.82, 2.24) is 14.8 Å². The van der Waals surface area contributed by atoms with Gasteiger partial charge in [-0.25, -0.2) is 0 Å². The number of hydrogen-bond acceptors (Lipinski definition) is 3. The number of carboxylic acids is 1. The molecule has 82 valence electrons. The van der Waals surface area contributed by atoms with Gasteiger partial charge in [0.25, 0.3) is 0 Å². The fourth-order valence-electron chi connectivity index (χ4n) is 1.49. The smallest absolute Gasteiger partial charge is 0.309 e. The summed E-state index contributed by atoms with van der Waals surface area (Å²) in [7, 11) is 1.74. The van der Waals surface area contributed by atoms with Gasteiger partial charge in [0.2, 0.25) is 0 Å². The Balaban J connectivity index is 2.34. The van der Waals surface area contributed by atoms with Crippen molar-refractivity contribution in [1.29, 1.82) is 0 Å². The Bertz CT molecular complexity index is 505. The molecule has 0 saturated carbocycles. The number of aryl methyl sites for hydroxylation is 1.